The first-order valence-electron chi connectivity index (χ1n) is 7.45. The van der Waals surface area contributed by atoms with Gasteiger partial charge in [-0.05, 0) is 69.2 Å². The molecule has 1 aliphatic rings. The Hall–Kier alpha value is -2.32. The molecule has 1 saturated heterocycles. The minimum Gasteiger partial charge on any atom is -0.503 e. The van der Waals surface area contributed by atoms with Crippen LogP contribution in [0.2, 0.25) is 0 Å². The molecule has 0 radical (unpaired) electrons. The van der Waals surface area contributed by atoms with E-state index in [4.69, 9.17) is 4.74 Å². The maximum atomic E-state index is 13.0. The number of imide groups is 1. The van der Waals surface area contributed by atoms with Crippen LogP contribution in [0, 0.1) is 5.82 Å². The second-order valence-electron chi connectivity index (χ2n) is 5.45. The molecule has 8 heteroatoms. The molecule has 1 N–H and O–H groups in total. The normalized spacial score (nSPS) is 15.8. The van der Waals surface area contributed by atoms with Gasteiger partial charge in [0.25, 0.3) is 11.1 Å². The molecular formula is C18H13BrFNO4S. The van der Waals surface area contributed by atoms with Gasteiger partial charge in [-0.2, -0.15) is 0 Å². The van der Waals surface area contributed by atoms with E-state index in [1.165, 1.54) is 31.4 Å². The van der Waals surface area contributed by atoms with Gasteiger partial charge in [-0.15, -0.1) is 0 Å². The van der Waals surface area contributed by atoms with Crippen molar-refractivity contribution < 1.29 is 23.8 Å². The van der Waals surface area contributed by atoms with E-state index in [1.807, 2.05) is 0 Å². The van der Waals surface area contributed by atoms with Gasteiger partial charge in [0.1, 0.15) is 5.82 Å². The zero-order chi connectivity index (χ0) is 18.8. The third-order valence-electron chi connectivity index (χ3n) is 3.70. The molecule has 2 amide bonds. The van der Waals surface area contributed by atoms with Crippen molar-refractivity contribution in [1.29, 1.82) is 0 Å². The van der Waals surface area contributed by atoms with Crippen LogP contribution in [-0.2, 0) is 11.3 Å². The summed E-state index contributed by atoms with van der Waals surface area (Å²) in [5, 5.41) is 9.46. The molecule has 5 nitrogen and oxygen atoms in total. The predicted octanol–water partition coefficient (Wildman–Crippen LogP) is 4.54. The van der Waals surface area contributed by atoms with Gasteiger partial charge in [0.2, 0.25) is 0 Å². The van der Waals surface area contributed by atoms with E-state index in [9.17, 15) is 19.1 Å². The SMILES string of the molecule is COc1cc(C=C2SC(=O)N(Cc3ccc(F)cc3)C2=O)cc(Br)c1O. The molecule has 26 heavy (non-hydrogen) atoms. The Morgan fingerprint density at radius 1 is 1.27 bits per heavy atom. The Morgan fingerprint density at radius 2 is 1.96 bits per heavy atom. The molecule has 1 heterocycles. The lowest BCUT2D eigenvalue weighted by molar-refractivity contribution is -0.123. The van der Waals surface area contributed by atoms with E-state index in [1.54, 1.807) is 18.2 Å². The number of phenolic OH excluding ortho intramolecular Hbond substituents is 1. The maximum Gasteiger partial charge on any atom is 0.293 e. The quantitative estimate of drug-likeness (QED) is 0.711. The standard InChI is InChI=1S/C18H13BrFNO4S/c1-25-14-7-11(6-13(19)16(14)22)8-15-17(23)21(18(24)26-15)9-10-2-4-12(20)5-3-10/h2-8,22H,9H2,1H3. The average molecular weight is 438 g/mol. The highest BCUT2D eigenvalue weighted by atomic mass is 79.9. The molecule has 0 bridgehead atoms. The Bertz CT molecular complexity index is 914. The minimum absolute atomic E-state index is 0.0472. The number of thioether (sulfide) groups is 1. The van der Waals surface area contributed by atoms with Crippen LogP contribution < -0.4 is 4.74 Å². The highest BCUT2D eigenvalue weighted by molar-refractivity contribution is 9.10. The lowest BCUT2D eigenvalue weighted by atomic mass is 10.1. The van der Waals surface area contributed by atoms with Crippen LogP contribution in [0.5, 0.6) is 11.5 Å². The molecule has 3 rings (SSSR count). The van der Waals surface area contributed by atoms with E-state index < -0.39 is 11.1 Å². The van der Waals surface area contributed by atoms with Gasteiger partial charge in [0.15, 0.2) is 11.5 Å². The fourth-order valence-electron chi connectivity index (χ4n) is 2.39. The third-order valence-corrected chi connectivity index (χ3v) is 5.21. The Morgan fingerprint density at radius 3 is 2.62 bits per heavy atom. The molecule has 1 aliphatic heterocycles. The van der Waals surface area contributed by atoms with Crippen molar-refractivity contribution in [3.63, 3.8) is 0 Å². The Kier molecular flexibility index (Phi) is 5.33. The van der Waals surface area contributed by atoms with Crippen molar-refractivity contribution in [2.24, 2.45) is 0 Å². The van der Waals surface area contributed by atoms with Gasteiger partial charge in [-0.3, -0.25) is 14.5 Å². The number of carbonyl (C=O) groups is 2. The predicted molar refractivity (Wildman–Crippen MR) is 100 cm³/mol. The van der Waals surface area contributed by atoms with Crippen LogP contribution in [0.25, 0.3) is 6.08 Å². The van der Waals surface area contributed by atoms with Gasteiger partial charge in [-0.25, -0.2) is 4.39 Å². The molecule has 134 valence electrons. The molecular weight excluding hydrogens is 425 g/mol. The number of hydrogen-bond acceptors (Lipinski definition) is 5. The average Bonchev–Trinajstić information content (AvgIpc) is 2.87. The molecule has 0 aromatic heterocycles. The number of carbonyl (C=O) groups excluding carboxylic acids is 2. The Labute approximate surface area is 161 Å². The van der Waals surface area contributed by atoms with E-state index >= 15 is 0 Å². The summed E-state index contributed by atoms with van der Waals surface area (Å²) in [6.45, 7) is 0.0743. The molecule has 0 saturated carbocycles. The van der Waals surface area contributed by atoms with Crippen molar-refractivity contribution in [2.45, 2.75) is 6.54 Å². The highest BCUT2D eigenvalue weighted by Crippen LogP contribution is 2.38. The summed E-state index contributed by atoms with van der Waals surface area (Å²) in [5.74, 6) is -0.604. The summed E-state index contributed by atoms with van der Waals surface area (Å²) in [6, 6.07) is 8.81. The smallest absolute Gasteiger partial charge is 0.293 e. The van der Waals surface area contributed by atoms with Gasteiger partial charge in [0, 0.05) is 0 Å². The number of ether oxygens (including phenoxy) is 1. The molecule has 0 unspecified atom stereocenters. The first kappa shape index (κ1) is 18.5. The molecule has 0 atom stereocenters. The van der Waals surface area contributed by atoms with Crippen molar-refractivity contribution in [3.8, 4) is 11.5 Å². The van der Waals surface area contributed by atoms with Crippen LogP contribution in [0.15, 0.2) is 45.8 Å². The second kappa shape index (κ2) is 7.51. The number of rotatable bonds is 4. The largest absolute Gasteiger partial charge is 0.503 e. The maximum absolute atomic E-state index is 13.0. The summed E-state index contributed by atoms with van der Waals surface area (Å²) in [6.07, 6.45) is 1.56. The summed E-state index contributed by atoms with van der Waals surface area (Å²) < 4.78 is 18.5. The van der Waals surface area contributed by atoms with Crippen LogP contribution in [-0.4, -0.2) is 28.3 Å². The number of aromatic hydroxyl groups is 1. The number of methoxy groups -OCH3 is 1. The number of halogens is 2. The number of nitrogens with zero attached hydrogens (tertiary/aromatic N) is 1. The topological polar surface area (TPSA) is 66.8 Å². The summed E-state index contributed by atoms with van der Waals surface area (Å²) in [4.78, 5) is 26.1. The van der Waals surface area contributed by atoms with E-state index in [0.717, 1.165) is 16.7 Å². The van der Waals surface area contributed by atoms with Gasteiger partial charge >= 0.3 is 0 Å². The monoisotopic (exact) mass is 437 g/mol. The minimum atomic E-state index is -0.424. The first-order valence-corrected chi connectivity index (χ1v) is 9.06. The van der Waals surface area contributed by atoms with Crippen LogP contribution in [0.4, 0.5) is 9.18 Å². The number of phenols is 1. The second-order valence-corrected chi connectivity index (χ2v) is 7.30. The summed E-state index contributed by atoms with van der Waals surface area (Å²) >= 11 is 4.05. The van der Waals surface area contributed by atoms with Crippen molar-refractivity contribution in [2.75, 3.05) is 7.11 Å². The lowest BCUT2D eigenvalue weighted by Gasteiger charge is -2.12. The van der Waals surface area contributed by atoms with Crippen molar-refractivity contribution in [1.82, 2.24) is 4.90 Å². The number of amides is 2. The van der Waals surface area contributed by atoms with Crippen molar-refractivity contribution in [3.05, 3.63) is 62.7 Å². The number of hydrogen-bond donors (Lipinski definition) is 1. The fourth-order valence-corrected chi connectivity index (χ4v) is 3.69. The zero-order valence-corrected chi connectivity index (χ0v) is 15.9. The summed E-state index contributed by atoms with van der Waals surface area (Å²) in [5.41, 5.74) is 1.25. The van der Waals surface area contributed by atoms with Crippen LogP contribution in [0.1, 0.15) is 11.1 Å². The van der Waals surface area contributed by atoms with Gasteiger partial charge in [0.05, 0.1) is 23.0 Å². The number of benzene rings is 2. The third kappa shape index (κ3) is 3.76. The van der Waals surface area contributed by atoms with E-state index in [0.29, 0.717) is 15.6 Å². The molecule has 0 spiro atoms. The Balaban J connectivity index is 1.85. The fraction of sp³-hybridized carbons (Fsp3) is 0.111. The zero-order valence-electron chi connectivity index (χ0n) is 13.5. The van der Waals surface area contributed by atoms with Crippen LogP contribution in [0.3, 0.4) is 0 Å². The summed E-state index contributed by atoms with van der Waals surface area (Å²) in [7, 11) is 1.42. The highest BCUT2D eigenvalue weighted by Gasteiger charge is 2.35. The molecule has 2 aromatic rings. The molecule has 1 fully saturated rings. The van der Waals surface area contributed by atoms with Crippen LogP contribution >= 0.6 is 27.7 Å². The van der Waals surface area contributed by atoms with Crippen molar-refractivity contribution >= 4 is 44.9 Å². The molecule has 2 aromatic carbocycles. The lowest BCUT2D eigenvalue weighted by Crippen LogP contribution is -2.27. The molecule has 0 aliphatic carbocycles. The van der Waals surface area contributed by atoms with E-state index in [-0.39, 0.29) is 28.8 Å². The van der Waals surface area contributed by atoms with Gasteiger partial charge in [-0.1, -0.05) is 12.1 Å². The van der Waals surface area contributed by atoms with Gasteiger partial charge < -0.3 is 9.84 Å². The van der Waals surface area contributed by atoms with E-state index in [2.05, 4.69) is 15.9 Å². The first-order chi connectivity index (χ1) is 12.4.